The van der Waals surface area contributed by atoms with Gasteiger partial charge in [-0.3, -0.25) is 4.79 Å². The third-order valence-corrected chi connectivity index (χ3v) is 4.24. The van der Waals surface area contributed by atoms with Crippen molar-refractivity contribution in [2.24, 2.45) is 0 Å². The molecule has 0 bridgehead atoms. The van der Waals surface area contributed by atoms with Gasteiger partial charge >= 0.3 is 0 Å². The molecule has 0 radical (unpaired) electrons. The lowest BCUT2D eigenvalue weighted by Gasteiger charge is -2.10. The number of fused-ring (bicyclic) bond motifs is 1. The molecule has 0 saturated carbocycles. The molecule has 0 unspecified atom stereocenters. The molecule has 1 N–H and O–H groups in total. The second-order valence-electron chi connectivity index (χ2n) is 4.50. The first-order chi connectivity index (χ1) is 10.7. The van der Waals surface area contributed by atoms with Crippen LogP contribution in [0.3, 0.4) is 0 Å². The second-order valence-corrected chi connectivity index (χ2v) is 5.94. The lowest BCUT2D eigenvalue weighted by molar-refractivity contribution is -0.111. The van der Waals surface area contributed by atoms with Crippen LogP contribution in [0.15, 0.2) is 41.8 Å². The lowest BCUT2D eigenvalue weighted by atomic mass is 10.3. The standard InChI is InChI=1S/C15H12ClN3O2S/c1-2-12(20)17-9-4-3-5-10(8-9)21-14-13-11(6-7-22-13)18-15(16)19-14/h2-5,8H,1,6-7H2,(H,17,20). The first-order valence-electron chi connectivity index (χ1n) is 6.56. The van der Waals surface area contributed by atoms with Gasteiger partial charge in [-0.05, 0) is 29.8 Å². The van der Waals surface area contributed by atoms with Crippen LogP contribution in [-0.4, -0.2) is 21.6 Å². The Morgan fingerprint density at radius 2 is 2.32 bits per heavy atom. The fourth-order valence-electron chi connectivity index (χ4n) is 2.02. The fraction of sp³-hybridized carbons (Fsp3) is 0.133. The average molecular weight is 334 g/mol. The highest BCUT2D eigenvalue weighted by Crippen LogP contribution is 2.39. The van der Waals surface area contributed by atoms with Crippen LogP contribution in [0.1, 0.15) is 5.69 Å². The number of carbonyl (C=O) groups is 1. The van der Waals surface area contributed by atoms with Crippen LogP contribution in [0.5, 0.6) is 11.6 Å². The molecular weight excluding hydrogens is 322 g/mol. The van der Waals surface area contributed by atoms with Gasteiger partial charge in [-0.25, -0.2) is 4.98 Å². The van der Waals surface area contributed by atoms with E-state index >= 15 is 0 Å². The Morgan fingerprint density at radius 1 is 1.45 bits per heavy atom. The molecule has 1 aliphatic rings. The Labute approximate surface area is 136 Å². The zero-order chi connectivity index (χ0) is 15.5. The molecular formula is C15H12ClN3O2S. The van der Waals surface area contributed by atoms with Crippen molar-refractivity contribution in [1.82, 2.24) is 9.97 Å². The van der Waals surface area contributed by atoms with Gasteiger partial charge in [0.2, 0.25) is 17.1 Å². The van der Waals surface area contributed by atoms with Gasteiger partial charge in [0.1, 0.15) is 5.75 Å². The molecule has 2 aromatic rings. The lowest BCUT2D eigenvalue weighted by Crippen LogP contribution is -2.07. The van der Waals surface area contributed by atoms with E-state index in [-0.39, 0.29) is 11.2 Å². The third kappa shape index (κ3) is 3.23. The van der Waals surface area contributed by atoms with Crippen molar-refractivity contribution >= 4 is 35.0 Å². The average Bonchev–Trinajstić information content (AvgIpc) is 2.95. The summed E-state index contributed by atoms with van der Waals surface area (Å²) in [6.07, 6.45) is 2.06. The van der Waals surface area contributed by atoms with E-state index < -0.39 is 0 Å². The van der Waals surface area contributed by atoms with Gasteiger partial charge in [0.15, 0.2) is 0 Å². The number of ether oxygens (including phenoxy) is 1. The van der Waals surface area contributed by atoms with Crippen molar-refractivity contribution < 1.29 is 9.53 Å². The van der Waals surface area contributed by atoms with E-state index in [1.54, 1.807) is 36.0 Å². The number of aromatic nitrogens is 2. The number of anilines is 1. The third-order valence-electron chi connectivity index (χ3n) is 2.96. The quantitative estimate of drug-likeness (QED) is 0.682. The van der Waals surface area contributed by atoms with Crippen LogP contribution in [0.2, 0.25) is 5.28 Å². The Kier molecular flexibility index (Phi) is 4.31. The van der Waals surface area contributed by atoms with Crippen LogP contribution < -0.4 is 10.1 Å². The second kappa shape index (κ2) is 6.37. The van der Waals surface area contributed by atoms with E-state index in [2.05, 4.69) is 21.9 Å². The van der Waals surface area contributed by atoms with Gasteiger partial charge in [0, 0.05) is 23.9 Å². The molecule has 3 rings (SSSR count). The molecule has 22 heavy (non-hydrogen) atoms. The van der Waals surface area contributed by atoms with Gasteiger partial charge in [0.05, 0.1) is 10.6 Å². The molecule has 7 heteroatoms. The van der Waals surface area contributed by atoms with Gasteiger partial charge < -0.3 is 10.1 Å². The minimum absolute atomic E-state index is 0.173. The van der Waals surface area contributed by atoms with E-state index in [0.717, 1.165) is 22.8 Å². The smallest absolute Gasteiger partial charge is 0.247 e. The summed E-state index contributed by atoms with van der Waals surface area (Å²) in [5.41, 5.74) is 1.53. The number of hydrogen-bond acceptors (Lipinski definition) is 5. The minimum Gasteiger partial charge on any atom is -0.438 e. The highest BCUT2D eigenvalue weighted by atomic mass is 35.5. The number of aryl methyl sites for hydroxylation is 1. The topological polar surface area (TPSA) is 64.1 Å². The normalized spacial score (nSPS) is 12.6. The van der Waals surface area contributed by atoms with E-state index in [0.29, 0.717) is 17.3 Å². The number of benzene rings is 1. The SMILES string of the molecule is C=CC(=O)Nc1cccc(Oc2nc(Cl)nc3c2SCC3)c1. The zero-order valence-electron chi connectivity index (χ0n) is 11.5. The maximum absolute atomic E-state index is 11.3. The number of halogens is 1. The predicted octanol–water partition coefficient (Wildman–Crippen LogP) is 3.70. The number of hydrogen-bond donors (Lipinski definition) is 1. The van der Waals surface area contributed by atoms with E-state index in [1.807, 2.05) is 0 Å². The summed E-state index contributed by atoms with van der Waals surface area (Å²) in [5.74, 6) is 1.67. The molecule has 1 aliphatic heterocycles. The fourth-order valence-corrected chi connectivity index (χ4v) is 3.22. The van der Waals surface area contributed by atoms with Gasteiger partial charge in [-0.1, -0.05) is 12.6 Å². The number of nitrogens with one attached hydrogen (secondary N) is 1. The number of carbonyl (C=O) groups excluding carboxylic acids is 1. The van der Waals surface area contributed by atoms with Crippen molar-refractivity contribution in [3.8, 4) is 11.6 Å². The summed E-state index contributed by atoms with van der Waals surface area (Å²) < 4.78 is 5.82. The Balaban J connectivity index is 1.86. The zero-order valence-corrected chi connectivity index (χ0v) is 13.1. The Morgan fingerprint density at radius 3 is 3.14 bits per heavy atom. The highest BCUT2D eigenvalue weighted by molar-refractivity contribution is 7.99. The largest absolute Gasteiger partial charge is 0.438 e. The molecule has 0 aliphatic carbocycles. The predicted molar refractivity (Wildman–Crippen MR) is 86.8 cm³/mol. The summed E-state index contributed by atoms with van der Waals surface area (Å²) in [7, 11) is 0. The Hall–Kier alpha value is -2.05. The maximum Gasteiger partial charge on any atom is 0.247 e. The van der Waals surface area contributed by atoms with Gasteiger partial charge in [-0.15, -0.1) is 11.8 Å². The molecule has 0 fully saturated rings. The molecule has 2 heterocycles. The van der Waals surface area contributed by atoms with Crippen molar-refractivity contribution in [2.45, 2.75) is 11.3 Å². The summed E-state index contributed by atoms with van der Waals surface area (Å²) in [4.78, 5) is 20.6. The first-order valence-corrected chi connectivity index (χ1v) is 7.92. The van der Waals surface area contributed by atoms with Crippen LogP contribution in [0, 0.1) is 0 Å². The van der Waals surface area contributed by atoms with Crippen molar-refractivity contribution in [3.05, 3.63) is 47.9 Å². The molecule has 1 amide bonds. The summed E-state index contributed by atoms with van der Waals surface area (Å²) in [6.45, 7) is 3.42. The Bertz CT molecular complexity index is 752. The number of rotatable bonds is 4. The van der Waals surface area contributed by atoms with Crippen LogP contribution in [0.4, 0.5) is 5.69 Å². The minimum atomic E-state index is -0.279. The highest BCUT2D eigenvalue weighted by Gasteiger charge is 2.21. The molecule has 1 aromatic heterocycles. The van der Waals surface area contributed by atoms with Gasteiger partial charge in [0.25, 0.3) is 0 Å². The van der Waals surface area contributed by atoms with Crippen LogP contribution in [0.25, 0.3) is 0 Å². The van der Waals surface area contributed by atoms with Crippen LogP contribution in [-0.2, 0) is 11.2 Å². The number of nitrogens with zero attached hydrogens (tertiary/aromatic N) is 2. The van der Waals surface area contributed by atoms with Crippen molar-refractivity contribution in [1.29, 1.82) is 0 Å². The molecule has 112 valence electrons. The summed E-state index contributed by atoms with van der Waals surface area (Å²) in [6, 6.07) is 7.04. The molecule has 0 atom stereocenters. The monoisotopic (exact) mass is 333 g/mol. The number of amides is 1. The number of thioether (sulfide) groups is 1. The summed E-state index contributed by atoms with van der Waals surface area (Å²) in [5, 5.41) is 2.85. The van der Waals surface area contributed by atoms with E-state index in [1.165, 1.54) is 6.08 Å². The molecule has 0 spiro atoms. The van der Waals surface area contributed by atoms with Gasteiger partial charge in [-0.2, -0.15) is 4.98 Å². The summed E-state index contributed by atoms with van der Waals surface area (Å²) >= 11 is 7.58. The molecule has 0 saturated heterocycles. The van der Waals surface area contributed by atoms with Crippen molar-refractivity contribution in [3.63, 3.8) is 0 Å². The molecule has 1 aromatic carbocycles. The van der Waals surface area contributed by atoms with E-state index in [4.69, 9.17) is 16.3 Å². The van der Waals surface area contributed by atoms with Crippen LogP contribution >= 0.6 is 23.4 Å². The van der Waals surface area contributed by atoms with E-state index in [9.17, 15) is 4.79 Å². The maximum atomic E-state index is 11.3. The first kappa shape index (κ1) is 14.9. The van der Waals surface area contributed by atoms with Crippen molar-refractivity contribution in [2.75, 3.05) is 11.1 Å². The molecule has 5 nitrogen and oxygen atoms in total.